The van der Waals surface area contributed by atoms with E-state index in [4.69, 9.17) is 16.3 Å². The maximum atomic E-state index is 12.4. The van der Waals surface area contributed by atoms with Gasteiger partial charge >= 0.3 is 0 Å². The number of aromatic nitrogens is 2. The summed E-state index contributed by atoms with van der Waals surface area (Å²) in [5.41, 5.74) is 0.922. The van der Waals surface area contributed by atoms with Crippen molar-refractivity contribution in [1.82, 2.24) is 14.9 Å². The van der Waals surface area contributed by atoms with Crippen LogP contribution in [0, 0.1) is 6.92 Å². The number of rotatable bonds is 6. The first kappa shape index (κ1) is 19.2. The number of amides is 1. The lowest BCUT2D eigenvalue weighted by Crippen LogP contribution is -2.50. The largest absolute Gasteiger partial charge is 0.484 e. The fourth-order valence-electron chi connectivity index (χ4n) is 2.90. The molecule has 27 heavy (non-hydrogen) atoms. The molecule has 0 bridgehead atoms. The van der Waals surface area contributed by atoms with Crippen LogP contribution in [-0.2, 0) is 4.79 Å². The van der Waals surface area contributed by atoms with Crippen molar-refractivity contribution in [3.05, 3.63) is 41.0 Å². The molecule has 1 aliphatic heterocycles. The van der Waals surface area contributed by atoms with Crippen molar-refractivity contribution in [3.63, 3.8) is 0 Å². The molecule has 8 heteroatoms. The lowest BCUT2D eigenvalue weighted by molar-refractivity contribution is -0.133. The van der Waals surface area contributed by atoms with Crippen LogP contribution in [0.1, 0.15) is 12.6 Å². The maximum Gasteiger partial charge on any atom is 0.260 e. The number of hydrogen-bond acceptors (Lipinski definition) is 6. The number of aryl methyl sites for hydroxylation is 1. The Balaban J connectivity index is 1.52. The van der Waals surface area contributed by atoms with Gasteiger partial charge in [0.25, 0.3) is 5.91 Å². The highest BCUT2D eigenvalue weighted by molar-refractivity contribution is 6.30. The van der Waals surface area contributed by atoms with Gasteiger partial charge in [0, 0.05) is 49.5 Å². The van der Waals surface area contributed by atoms with Gasteiger partial charge in [0.05, 0.1) is 0 Å². The van der Waals surface area contributed by atoms with Crippen molar-refractivity contribution < 1.29 is 9.53 Å². The molecule has 1 saturated heterocycles. The molecular formula is C19H24ClN5O2. The minimum atomic E-state index is -0.0168. The van der Waals surface area contributed by atoms with Gasteiger partial charge in [-0.3, -0.25) is 4.79 Å². The third-order valence-electron chi connectivity index (χ3n) is 4.31. The Labute approximate surface area is 164 Å². The zero-order chi connectivity index (χ0) is 19.2. The predicted octanol–water partition coefficient (Wildman–Crippen LogP) is 2.60. The number of piperazine rings is 1. The van der Waals surface area contributed by atoms with Crippen molar-refractivity contribution in [1.29, 1.82) is 0 Å². The van der Waals surface area contributed by atoms with Crippen molar-refractivity contribution >= 4 is 29.3 Å². The van der Waals surface area contributed by atoms with Crippen LogP contribution in [0.25, 0.3) is 0 Å². The molecule has 1 fully saturated rings. The Morgan fingerprint density at radius 3 is 2.56 bits per heavy atom. The Kier molecular flexibility index (Phi) is 6.34. The SMILES string of the molecule is CCNc1nc(C)cc(N2CCN(C(=O)COc3ccc(Cl)cc3)CC2)n1. The van der Waals surface area contributed by atoms with Gasteiger partial charge in [-0.1, -0.05) is 11.6 Å². The van der Waals surface area contributed by atoms with Gasteiger partial charge in [-0.05, 0) is 38.1 Å². The lowest BCUT2D eigenvalue weighted by atomic mass is 10.3. The van der Waals surface area contributed by atoms with Crippen LogP contribution in [0.3, 0.4) is 0 Å². The lowest BCUT2D eigenvalue weighted by Gasteiger charge is -2.35. The Bertz CT molecular complexity index is 776. The van der Waals surface area contributed by atoms with Gasteiger partial charge < -0.3 is 19.9 Å². The number of benzene rings is 1. The zero-order valence-electron chi connectivity index (χ0n) is 15.6. The second-order valence-corrected chi connectivity index (χ2v) is 6.77. The molecule has 2 heterocycles. The molecule has 2 aromatic rings. The number of nitrogens with one attached hydrogen (secondary N) is 1. The van der Waals surface area contributed by atoms with Gasteiger partial charge in [0.1, 0.15) is 11.6 Å². The quantitative estimate of drug-likeness (QED) is 0.818. The Hall–Kier alpha value is -2.54. The van der Waals surface area contributed by atoms with E-state index in [0.717, 1.165) is 31.1 Å². The second-order valence-electron chi connectivity index (χ2n) is 6.33. The molecule has 1 amide bonds. The summed E-state index contributed by atoms with van der Waals surface area (Å²) in [6.07, 6.45) is 0. The highest BCUT2D eigenvalue weighted by Gasteiger charge is 2.22. The van der Waals surface area contributed by atoms with E-state index in [1.54, 1.807) is 24.3 Å². The molecule has 0 spiro atoms. The van der Waals surface area contributed by atoms with Crippen LogP contribution in [0.2, 0.25) is 5.02 Å². The first-order valence-corrected chi connectivity index (χ1v) is 9.43. The smallest absolute Gasteiger partial charge is 0.260 e. The number of carbonyl (C=O) groups is 1. The Morgan fingerprint density at radius 2 is 1.89 bits per heavy atom. The van der Waals surface area contributed by atoms with E-state index in [1.807, 2.05) is 24.8 Å². The summed E-state index contributed by atoms with van der Waals surface area (Å²) in [6, 6.07) is 8.97. The molecule has 0 saturated carbocycles. The number of hydrogen-bond donors (Lipinski definition) is 1. The first-order valence-electron chi connectivity index (χ1n) is 9.06. The molecule has 7 nitrogen and oxygen atoms in total. The average Bonchev–Trinajstić information content (AvgIpc) is 2.67. The van der Waals surface area contributed by atoms with Crippen molar-refractivity contribution in [3.8, 4) is 5.75 Å². The van der Waals surface area contributed by atoms with Crippen LogP contribution in [0.4, 0.5) is 11.8 Å². The number of ether oxygens (including phenoxy) is 1. The van der Waals surface area contributed by atoms with Crippen LogP contribution in [0.15, 0.2) is 30.3 Å². The summed E-state index contributed by atoms with van der Waals surface area (Å²) in [7, 11) is 0. The van der Waals surface area contributed by atoms with Crippen LogP contribution < -0.4 is 15.0 Å². The summed E-state index contributed by atoms with van der Waals surface area (Å²) in [4.78, 5) is 25.3. The number of anilines is 2. The van der Waals surface area contributed by atoms with Crippen LogP contribution in [0.5, 0.6) is 5.75 Å². The molecule has 1 aliphatic rings. The molecule has 0 aliphatic carbocycles. The van der Waals surface area contributed by atoms with Gasteiger partial charge in [-0.15, -0.1) is 0 Å². The predicted molar refractivity (Wildman–Crippen MR) is 107 cm³/mol. The van der Waals surface area contributed by atoms with E-state index < -0.39 is 0 Å². The molecule has 1 aromatic carbocycles. The van der Waals surface area contributed by atoms with Crippen molar-refractivity contribution in [2.75, 3.05) is 49.5 Å². The highest BCUT2D eigenvalue weighted by atomic mass is 35.5. The standard InChI is InChI=1S/C19H24ClN5O2/c1-3-21-19-22-14(2)12-17(23-19)24-8-10-25(11-9-24)18(26)13-27-16-6-4-15(20)5-7-16/h4-7,12H,3,8-11,13H2,1-2H3,(H,21,22,23). The monoisotopic (exact) mass is 389 g/mol. The molecule has 0 radical (unpaired) electrons. The second kappa shape index (κ2) is 8.90. The minimum Gasteiger partial charge on any atom is -0.484 e. The van der Waals surface area contributed by atoms with E-state index >= 15 is 0 Å². The van der Waals surface area contributed by atoms with E-state index in [-0.39, 0.29) is 12.5 Å². The third-order valence-corrected chi connectivity index (χ3v) is 4.56. The molecule has 3 rings (SSSR count). The van der Waals surface area contributed by atoms with Crippen molar-refractivity contribution in [2.24, 2.45) is 0 Å². The molecule has 1 N–H and O–H groups in total. The summed E-state index contributed by atoms with van der Waals surface area (Å²) < 4.78 is 5.55. The van der Waals surface area contributed by atoms with Crippen LogP contribution in [-0.4, -0.2) is 60.1 Å². The van der Waals surface area contributed by atoms with Crippen molar-refractivity contribution in [2.45, 2.75) is 13.8 Å². The van der Waals surface area contributed by atoms with E-state index in [2.05, 4.69) is 20.2 Å². The zero-order valence-corrected chi connectivity index (χ0v) is 16.4. The van der Waals surface area contributed by atoms with E-state index in [9.17, 15) is 4.79 Å². The van der Waals surface area contributed by atoms with Gasteiger partial charge in [-0.2, -0.15) is 4.98 Å². The summed E-state index contributed by atoms with van der Waals surface area (Å²) >= 11 is 5.85. The summed E-state index contributed by atoms with van der Waals surface area (Å²) in [6.45, 7) is 7.52. The third kappa shape index (κ3) is 5.23. The average molecular weight is 390 g/mol. The summed E-state index contributed by atoms with van der Waals surface area (Å²) in [5.74, 6) is 2.15. The highest BCUT2D eigenvalue weighted by Crippen LogP contribution is 2.18. The van der Waals surface area contributed by atoms with E-state index in [0.29, 0.717) is 29.8 Å². The van der Waals surface area contributed by atoms with Gasteiger partial charge in [-0.25, -0.2) is 4.98 Å². The van der Waals surface area contributed by atoms with Gasteiger partial charge in [0.15, 0.2) is 6.61 Å². The normalized spacial score (nSPS) is 14.2. The summed E-state index contributed by atoms with van der Waals surface area (Å²) in [5, 5.41) is 3.79. The molecular weight excluding hydrogens is 366 g/mol. The van der Waals surface area contributed by atoms with E-state index in [1.165, 1.54) is 0 Å². The van der Waals surface area contributed by atoms with Crippen LogP contribution >= 0.6 is 11.6 Å². The maximum absolute atomic E-state index is 12.4. The number of carbonyl (C=O) groups excluding carboxylic acids is 1. The van der Waals surface area contributed by atoms with Gasteiger partial charge in [0.2, 0.25) is 5.95 Å². The topological polar surface area (TPSA) is 70.6 Å². The minimum absolute atomic E-state index is 0.0168. The molecule has 144 valence electrons. The fraction of sp³-hybridized carbons (Fsp3) is 0.421. The molecule has 1 aromatic heterocycles. The Morgan fingerprint density at radius 1 is 1.19 bits per heavy atom. The fourth-order valence-corrected chi connectivity index (χ4v) is 3.03. The number of nitrogens with zero attached hydrogens (tertiary/aromatic N) is 4. The number of halogens is 1. The first-order chi connectivity index (χ1) is 13.0. The molecule has 0 atom stereocenters. The molecule has 0 unspecified atom stereocenters.